The number of carbonyl (C=O) groups excluding carboxylic acids is 2. The van der Waals surface area contributed by atoms with Crippen molar-refractivity contribution in [1.82, 2.24) is 4.98 Å². The zero-order valence-corrected chi connectivity index (χ0v) is 15.2. The van der Waals surface area contributed by atoms with Crippen LogP contribution in [-0.2, 0) is 11.3 Å². The molecule has 0 aliphatic carbocycles. The summed E-state index contributed by atoms with van der Waals surface area (Å²) in [4.78, 5) is 27.5. The Bertz CT molecular complexity index is 972. The third-order valence-corrected chi connectivity index (χ3v) is 3.91. The van der Waals surface area contributed by atoms with Gasteiger partial charge >= 0.3 is 0 Å². The molecule has 0 spiro atoms. The van der Waals surface area contributed by atoms with Crippen molar-refractivity contribution >= 4 is 29.0 Å². The maximum Gasteiger partial charge on any atom is 0.257 e. The van der Waals surface area contributed by atoms with Crippen LogP contribution in [-0.4, -0.2) is 16.8 Å². The molecule has 3 N–H and O–H groups in total. The minimum absolute atomic E-state index is 0.161. The first-order chi connectivity index (χ1) is 13.5. The molecule has 0 aliphatic heterocycles. The van der Waals surface area contributed by atoms with Gasteiger partial charge in [-0.25, -0.2) is 9.37 Å². The van der Waals surface area contributed by atoms with Gasteiger partial charge in [0.2, 0.25) is 5.91 Å². The summed E-state index contributed by atoms with van der Waals surface area (Å²) in [6.07, 6.45) is 1.45. The van der Waals surface area contributed by atoms with Crippen LogP contribution in [0.4, 0.5) is 21.6 Å². The number of hydrogen-bond donors (Lipinski definition) is 3. The summed E-state index contributed by atoms with van der Waals surface area (Å²) in [6.45, 7) is 1.73. The first-order valence-corrected chi connectivity index (χ1v) is 8.63. The fourth-order valence-electron chi connectivity index (χ4n) is 2.50. The third-order valence-electron chi connectivity index (χ3n) is 3.91. The minimum Gasteiger partial charge on any atom is -0.366 e. The average molecular weight is 378 g/mol. The van der Waals surface area contributed by atoms with E-state index in [4.69, 9.17) is 0 Å². The van der Waals surface area contributed by atoms with Crippen molar-refractivity contribution in [3.05, 3.63) is 83.8 Å². The Balaban J connectivity index is 1.57. The molecule has 0 saturated heterocycles. The fraction of sp³-hybridized carbons (Fsp3) is 0.0952. The summed E-state index contributed by atoms with van der Waals surface area (Å²) < 4.78 is 13.6. The smallest absolute Gasteiger partial charge is 0.257 e. The van der Waals surface area contributed by atoms with Gasteiger partial charge in [-0.3, -0.25) is 9.59 Å². The maximum atomic E-state index is 13.6. The first-order valence-electron chi connectivity index (χ1n) is 8.63. The standard InChI is InChI=1S/C21H19FN4O2/c1-14(27)25-17-7-9-18(10-8-17)26-21(28)16-6-11-20(24-13-16)23-12-15-4-2-3-5-19(15)22/h2-11,13H,12H2,1H3,(H,23,24)(H,25,27)(H,26,28). The molecule has 0 unspecified atom stereocenters. The van der Waals surface area contributed by atoms with Gasteiger partial charge in [-0.15, -0.1) is 0 Å². The lowest BCUT2D eigenvalue weighted by atomic mass is 10.2. The number of hydrogen-bond acceptors (Lipinski definition) is 4. The molecule has 0 saturated carbocycles. The SMILES string of the molecule is CC(=O)Nc1ccc(NC(=O)c2ccc(NCc3ccccc3F)nc2)cc1. The van der Waals surface area contributed by atoms with Crippen molar-refractivity contribution in [2.45, 2.75) is 13.5 Å². The van der Waals surface area contributed by atoms with Crippen molar-refractivity contribution < 1.29 is 14.0 Å². The molecular formula is C21H19FN4O2. The number of nitrogens with one attached hydrogen (secondary N) is 3. The maximum absolute atomic E-state index is 13.6. The Morgan fingerprint density at radius 2 is 1.61 bits per heavy atom. The van der Waals surface area contributed by atoms with E-state index in [1.54, 1.807) is 54.6 Å². The lowest BCUT2D eigenvalue weighted by molar-refractivity contribution is -0.114. The number of anilines is 3. The van der Waals surface area contributed by atoms with Crippen molar-refractivity contribution in [2.75, 3.05) is 16.0 Å². The molecule has 2 amide bonds. The van der Waals surface area contributed by atoms with Crippen LogP contribution in [0, 0.1) is 5.82 Å². The molecule has 2 aromatic carbocycles. The fourth-order valence-corrected chi connectivity index (χ4v) is 2.50. The number of amides is 2. The van der Waals surface area contributed by atoms with E-state index in [0.29, 0.717) is 34.9 Å². The minimum atomic E-state index is -0.305. The second-order valence-corrected chi connectivity index (χ2v) is 6.09. The molecule has 28 heavy (non-hydrogen) atoms. The van der Waals surface area contributed by atoms with E-state index in [1.807, 2.05) is 0 Å². The molecule has 142 valence electrons. The average Bonchev–Trinajstić information content (AvgIpc) is 2.69. The van der Waals surface area contributed by atoms with E-state index in [9.17, 15) is 14.0 Å². The van der Waals surface area contributed by atoms with Gasteiger partial charge in [0.1, 0.15) is 11.6 Å². The van der Waals surface area contributed by atoms with Crippen LogP contribution in [0.15, 0.2) is 66.9 Å². The van der Waals surface area contributed by atoms with Crippen LogP contribution in [0.5, 0.6) is 0 Å². The summed E-state index contributed by atoms with van der Waals surface area (Å²) in [5.74, 6) is -0.207. The van der Waals surface area contributed by atoms with Crippen LogP contribution < -0.4 is 16.0 Å². The van der Waals surface area contributed by atoms with Crippen LogP contribution in [0.1, 0.15) is 22.8 Å². The number of pyridine rings is 1. The Kier molecular flexibility index (Phi) is 5.96. The van der Waals surface area contributed by atoms with E-state index in [0.717, 1.165) is 0 Å². The highest BCUT2D eigenvalue weighted by molar-refractivity contribution is 6.04. The highest BCUT2D eigenvalue weighted by Gasteiger charge is 2.08. The normalized spacial score (nSPS) is 10.2. The lowest BCUT2D eigenvalue weighted by Gasteiger charge is -2.09. The molecule has 7 heteroatoms. The molecule has 0 atom stereocenters. The number of benzene rings is 2. The highest BCUT2D eigenvalue weighted by atomic mass is 19.1. The van der Waals surface area contributed by atoms with Crippen LogP contribution in [0.25, 0.3) is 0 Å². The number of aromatic nitrogens is 1. The summed E-state index contributed by atoms with van der Waals surface area (Å²) in [5, 5.41) is 8.44. The Hall–Kier alpha value is -3.74. The molecule has 1 aromatic heterocycles. The molecule has 3 aromatic rings. The van der Waals surface area contributed by atoms with Crippen molar-refractivity contribution in [1.29, 1.82) is 0 Å². The number of rotatable bonds is 6. The van der Waals surface area contributed by atoms with E-state index >= 15 is 0 Å². The summed E-state index contributed by atoms with van der Waals surface area (Å²) in [5.41, 5.74) is 2.18. The van der Waals surface area contributed by atoms with E-state index in [-0.39, 0.29) is 17.6 Å². The molecule has 0 aliphatic rings. The lowest BCUT2D eigenvalue weighted by Crippen LogP contribution is -2.13. The molecule has 0 radical (unpaired) electrons. The second kappa shape index (κ2) is 8.77. The van der Waals surface area contributed by atoms with Crippen molar-refractivity contribution in [3.63, 3.8) is 0 Å². The first kappa shape index (κ1) is 19.0. The molecule has 0 fully saturated rings. The monoisotopic (exact) mass is 378 g/mol. The van der Waals surface area contributed by atoms with Gasteiger partial charge in [-0.05, 0) is 42.5 Å². The topological polar surface area (TPSA) is 83.1 Å². The van der Waals surface area contributed by atoms with Crippen LogP contribution in [0.3, 0.4) is 0 Å². The summed E-state index contributed by atoms with van der Waals surface area (Å²) in [7, 11) is 0. The number of halogens is 1. The predicted molar refractivity (Wildman–Crippen MR) is 107 cm³/mol. The van der Waals surface area contributed by atoms with Gasteiger partial charge in [0.25, 0.3) is 5.91 Å². The third kappa shape index (κ3) is 5.14. The van der Waals surface area contributed by atoms with Crippen LogP contribution in [0.2, 0.25) is 0 Å². The number of carbonyl (C=O) groups is 2. The molecule has 6 nitrogen and oxygen atoms in total. The van der Waals surface area contributed by atoms with Gasteiger partial charge in [0.15, 0.2) is 0 Å². The van der Waals surface area contributed by atoms with Gasteiger partial charge in [-0.2, -0.15) is 0 Å². The Morgan fingerprint density at radius 1 is 0.929 bits per heavy atom. The van der Waals surface area contributed by atoms with E-state index in [1.165, 1.54) is 19.2 Å². The Morgan fingerprint density at radius 3 is 2.21 bits per heavy atom. The van der Waals surface area contributed by atoms with Gasteiger partial charge in [0, 0.05) is 36.6 Å². The van der Waals surface area contributed by atoms with Gasteiger partial charge in [-0.1, -0.05) is 18.2 Å². The molecule has 1 heterocycles. The Labute approximate surface area is 161 Å². The van der Waals surface area contributed by atoms with Crippen LogP contribution >= 0.6 is 0 Å². The zero-order valence-electron chi connectivity index (χ0n) is 15.2. The van der Waals surface area contributed by atoms with Crippen molar-refractivity contribution in [2.24, 2.45) is 0 Å². The van der Waals surface area contributed by atoms with Gasteiger partial charge < -0.3 is 16.0 Å². The predicted octanol–water partition coefficient (Wildman–Crippen LogP) is 4.04. The highest BCUT2D eigenvalue weighted by Crippen LogP contribution is 2.15. The zero-order chi connectivity index (χ0) is 19.9. The molecular weight excluding hydrogens is 359 g/mol. The van der Waals surface area contributed by atoms with Gasteiger partial charge in [0.05, 0.1) is 5.56 Å². The quantitative estimate of drug-likeness (QED) is 0.604. The van der Waals surface area contributed by atoms with E-state index < -0.39 is 0 Å². The second-order valence-electron chi connectivity index (χ2n) is 6.09. The molecule has 0 bridgehead atoms. The number of nitrogens with zero attached hydrogens (tertiary/aromatic N) is 1. The molecule has 3 rings (SSSR count). The largest absolute Gasteiger partial charge is 0.366 e. The summed E-state index contributed by atoms with van der Waals surface area (Å²) >= 11 is 0. The van der Waals surface area contributed by atoms with Crippen molar-refractivity contribution in [3.8, 4) is 0 Å². The summed E-state index contributed by atoms with van der Waals surface area (Å²) in [6, 6.07) is 16.6. The van der Waals surface area contributed by atoms with E-state index in [2.05, 4.69) is 20.9 Å².